The van der Waals surface area contributed by atoms with Crippen LogP contribution in [0.15, 0.2) is 53.8 Å². The number of nitrogens with zero attached hydrogens (tertiary/aromatic N) is 3. The van der Waals surface area contributed by atoms with Gasteiger partial charge in [0.15, 0.2) is 0 Å². The van der Waals surface area contributed by atoms with Gasteiger partial charge < -0.3 is 10.8 Å². The van der Waals surface area contributed by atoms with Crippen molar-refractivity contribution in [2.45, 2.75) is 49.6 Å². The number of pyridine rings is 1. The van der Waals surface area contributed by atoms with E-state index in [1.807, 2.05) is 13.0 Å². The van der Waals surface area contributed by atoms with Crippen molar-refractivity contribution in [2.75, 3.05) is 5.73 Å². The molecule has 0 unspecified atom stereocenters. The number of nitrogens with one attached hydrogen (secondary N) is 1. The third-order valence-electron chi connectivity index (χ3n) is 5.55. The van der Waals surface area contributed by atoms with E-state index >= 15 is 0 Å². The summed E-state index contributed by atoms with van der Waals surface area (Å²) in [6.45, 7) is 1.89. The van der Waals surface area contributed by atoms with E-state index in [4.69, 9.17) is 5.73 Å². The van der Waals surface area contributed by atoms with Crippen molar-refractivity contribution in [2.24, 2.45) is 0 Å². The molecule has 1 saturated carbocycles. The van der Waals surface area contributed by atoms with Crippen LogP contribution in [0.3, 0.4) is 0 Å². The Labute approximate surface area is 181 Å². The van der Waals surface area contributed by atoms with Gasteiger partial charge in [0, 0.05) is 29.6 Å². The van der Waals surface area contributed by atoms with Gasteiger partial charge in [-0.1, -0.05) is 6.07 Å². The predicted octanol–water partition coefficient (Wildman–Crippen LogP) is 2.68. The van der Waals surface area contributed by atoms with Crippen molar-refractivity contribution < 1.29 is 13.5 Å². The number of aliphatic hydroxyl groups is 1. The summed E-state index contributed by atoms with van der Waals surface area (Å²) in [6, 6.07) is 8.42. The standard InChI is InChI=1S/C22H25N5O3S/c1-14-4-9-18(31(29,30)27-16-5-7-17(28)8-6-16)11-19(14)20-13-25-22(23)21(26-20)15-3-2-10-24-12-15/h2-4,9-13,16-17,27-28H,5-8H2,1H3,(H2,23,25). The molecule has 31 heavy (non-hydrogen) atoms. The van der Waals surface area contributed by atoms with Crippen molar-refractivity contribution in [3.8, 4) is 22.5 Å². The molecule has 0 aliphatic heterocycles. The summed E-state index contributed by atoms with van der Waals surface area (Å²) in [5, 5.41) is 9.66. The highest BCUT2D eigenvalue weighted by molar-refractivity contribution is 7.89. The number of aromatic nitrogens is 3. The molecule has 0 atom stereocenters. The average Bonchev–Trinajstić information content (AvgIpc) is 2.76. The number of aryl methyl sites for hydroxylation is 1. The fraction of sp³-hybridized carbons (Fsp3) is 0.318. The number of sulfonamides is 1. The first-order valence-electron chi connectivity index (χ1n) is 10.2. The molecule has 0 amide bonds. The molecule has 1 aromatic carbocycles. The summed E-state index contributed by atoms with van der Waals surface area (Å²) in [6.07, 6.45) is 6.97. The second-order valence-corrected chi connectivity index (χ2v) is 9.55. The van der Waals surface area contributed by atoms with E-state index in [2.05, 4.69) is 19.7 Å². The minimum Gasteiger partial charge on any atom is -0.393 e. The quantitative estimate of drug-likeness (QED) is 0.557. The molecule has 0 saturated heterocycles. The second kappa shape index (κ2) is 8.70. The fourth-order valence-corrected chi connectivity index (χ4v) is 5.10. The van der Waals surface area contributed by atoms with Gasteiger partial charge in [0.2, 0.25) is 10.0 Å². The maximum atomic E-state index is 13.0. The molecule has 8 nitrogen and oxygen atoms in total. The highest BCUT2D eigenvalue weighted by atomic mass is 32.2. The molecular weight excluding hydrogens is 414 g/mol. The largest absolute Gasteiger partial charge is 0.393 e. The van der Waals surface area contributed by atoms with E-state index in [1.54, 1.807) is 42.9 Å². The number of hydrogen-bond donors (Lipinski definition) is 3. The Balaban J connectivity index is 1.67. The van der Waals surface area contributed by atoms with Gasteiger partial charge in [0.25, 0.3) is 0 Å². The van der Waals surface area contributed by atoms with Crippen molar-refractivity contribution in [3.63, 3.8) is 0 Å². The van der Waals surface area contributed by atoms with E-state index in [0.29, 0.717) is 42.6 Å². The molecule has 2 heterocycles. The highest BCUT2D eigenvalue weighted by Gasteiger charge is 2.25. The number of aliphatic hydroxyl groups excluding tert-OH is 1. The second-order valence-electron chi connectivity index (χ2n) is 7.83. The zero-order valence-corrected chi connectivity index (χ0v) is 18.0. The van der Waals surface area contributed by atoms with Crippen LogP contribution < -0.4 is 10.5 Å². The summed E-state index contributed by atoms with van der Waals surface area (Å²) in [5.41, 5.74) is 9.32. The number of nitrogen functional groups attached to an aromatic ring is 1. The first-order chi connectivity index (χ1) is 14.8. The summed E-state index contributed by atoms with van der Waals surface area (Å²) in [5.74, 6) is 0.277. The lowest BCUT2D eigenvalue weighted by Crippen LogP contribution is -2.38. The Morgan fingerprint density at radius 1 is 1.13 bits per heavy atom. The maximum Gasteiger partial charge on any atom is 0.240 e. The number of rotatable bonds is 5. The van der Waals surface area contributed by atoms with Gasteiger partial charge >= 0.3 is 0 Å². The Hall–Kier alpha value is -2.88. The van der Waals surface area contributed by atoms with Crippen molar-refractivity contribution in [3.05, 3.63) is 54.5 Å². The molecule has 0 spiro atoms. The number of anilines is 1. The molecule has 1 fully saturated rings. The van der Waals surface area contributed by atoms with Crippen LogP contribution in [-0.4, -0.2) is 40.6 Å². The van der Waals surface area contributed by atoms with Crippen molar-refractivity contribution in [1.82, 2.24) is 19.7 Å². The Kier molecular flexibility index (Phi) is 5.99. The van der Waals surface area contributed by atoms with Crippen LogP contribution in [0, 0.1) is 6.92 Å². The number of nitrogens with two attached hydrogens (primary N) is 1. The average molecular weight is 440 g/mol. The molecule has 162 valence electrons. The predicted molar refractivity (Wildman–Crippen MR) is 118 cm³/mol. The van der Waals surface area contributed by atoms with Gasteiger partial charge in [-0.3, -0.25) is 4.98 Å². The molecule has 4 rings (SSSR count). The number of benzene rings is 1. The lowest BCUT2D eigenvalue weighted by atomic mass is 9.94. The van der Waals surface area contributed by atoms with Crippen LogP contribution in [0.1, 0.15) is 31.2 Å². The van der Waals surface area contributed by atoms with Gasteiger partial charge in [0.05, 0.1) is 22.9 Å². The molecule has 0 radical (unpaired) electrons. The van der Waals surface area contributed by atoms with Gasteiger partial charge in [-0.15, -0.1) is 0 Å². The molecule has 0 bridgehead atoms. The minimum atomic E-state index is -3.71. The van der Waals surface area contributed by atoms with Gasteiger partial charge in [-0.2, -0.15) is 0 Å². The molecule has 3 aromatic rings. The Bertz CT molecular complexity index is 1180. The summed E-state index contributed by atoms with van der Waals surface area (Å²) < 4.78 is 28.7. The van der Waals surface area contributed by atoms with Gasteiger partial charge in [-0.05, 0) is 62.4 Å². The maximum absolute atomic E-state index is 13.0. The first-order valence-corrected chi connectivity index (χ1v) is 11.7. The van der Waals surface area contributed by atoms with Gasteiger partial charge in [-0.25, -0.2) is 23.1 Å². The Morgan fingerprint density at radius 2 is 1.90 bits per heavy atom. The normalized spacial score (nSPS) is 19.3. The summed E-state index contributed by atoms with van der Waals surface area (Å²) in [4.78, 5) is 13.2. The van der Waals surface area contributed by atoms with E-state index in [-0.39, 0.29) is 22.9 Å². The van der Waals surface area contributed by atoms with E-state index in [9.17, 15) is 13.5 Å². The van der Waals surface area contributed by atoms with Crippen LogP contribution in [0.25, 0.3) is 22.5 Å². The molecule has 2 aromatic heterocycles. The topological polar surface area (TPSA) is 131 Å². The molecule has 9 heteroatoms. The summed E-state index contributed by atoms with van der Waals surface area (Å²) in [7, 11) is -3.71. The smallest absolute Gasteiger partial charge is 0.240 e. The Morgan fingerprint density at radius 3 is 2.61 bits per heavy atom. The van der Waals surface area contributed by atoms with Crippen molar-refractivity contribution >= 4 is 15.8 Å². The lowest BCUT2D eigenvalue weighted by Gasteiger charge is -2.26. The first kappa shape index (κ1) is 21.4. The third kappa shape index (κ3) is 4.73. The molecule has 4 N–H and O–H groups in total. The van der Waals surface area contributed by atoms with E-state index in [1.165, 1.54) is 0 Å². The monoisotopic (exact) mass is 439 g/mol. The van der Waals surface area contributed by atoms with Crippen LogP contribution in [0.4, 0.5) is 5.82 Å². The minimum absolute atomic E-state index is 0.167. The number of hydrogen-bond acceptors (Lipinski definition) is 7. The van der Waals surface area contributed by atoms with Crippen LogP contribution in [0.5, 0.6) is 0 Å². The SMILES string of the molecule is Cc1ccc(S(=O)(=O)NC2CCC(O)CC2)cc1-c1cnc(N)c(-c2cccnc2)n1. The van der Waals surface area contributed by atoms with E-state index < -0.39 is 10.0 Å². The van der Waals surface area contributed by atoms with Crippen LogP contribution >= 0.6 is 0 Å². The van der Waals surface area contributed by atoms with Crippen LogP contribution in [-0.2, 0) is 10.0 Å². The van der Waals surface area contributed by atoms with Gasteiger partial charge in [0.1, 0.15) is 11.5 Å². The molecular formula is C22H25N5O3S. The fourth-order valence-electron chi connectivity index (χ4n) is 3.77. The highest BCUT2D eigenvalue weighted by Crippen LogP contribution is 2.29. The zero-order chi connectivity index (χ0) is 22.0. The third-order valence-corrected chi connectivity index (χ3v) is 7.07. The molecule has 1 aliphatic rings. The van der Waals surface area contributed by atoms with Crippen LogP contribution in [0.2, 0.25) is 0 Å². The van der Waals surface area contributed by atoms with E-state index in [0.717, 1.165) is 11.1 Å². The lowest BCUT2D eigenvalue weighted by molar-refractivity contribution is 0.120. The zero-order valence-electron chi connectivity index (χ0n) is 17.2. The molecule has 1 aliphatic carbocycles. The van der Waals surface area contributed by atoms with Crippen molar-refractivity contribution in [1.29, 1.82) is 0 Å². The summed E-state index contributed by atoms with van der Waals surface area (Å²) >= 11 is 0.